The Balaban J connectivity index is 2.32. The molecule has 0 radical (unpaired) electrons. The lowest BCUT2D eigenvalue weighted by atomic mass is 9.88. The smallest absolute Gasteiger partial charge is 0.0751 e. The summed E-state index contributed by atoms with van der Waals surface area (Å²) in [6, 6.07) is 8.33. The molecule has 1 aliphatic rings. The summed E-state index contributed by atoms with van der Waals surface area (Å²) < 4.78 is 0. The van der Waals surface area contributed by atoms with Crippen molar-refractivity contribution in [2.24, 2.45) is 5.92 Å². The molecule has 1 N–H and O–H groups in total. The van der Waals surface area contributed by atoms with Gasteiger partial charge >= 0.3 is 0 Å². The fraction of sp³-hybridized carbons (Fsp3) is 0.500. The highest BCUT2D eigenvalue weighted by atomic mass is 16.3. The van der Waals surface area contributed by atoms with E-state index in [0.717, 1.165) is 12.8 Å². The van der Waals surface area contributed by atoms with E-state index in [1.165, 1.54) is 11.1 Å². The Labute approximate surface area is 79.4 Å². The van der Waals surface area contributed by atoms with Gasteiger partial charge in [0.1, 0.15) is 0 Å². The highest BCUT2D eigenvalue weighted by Gasteiger charge is 2.37. The molecule has 1 aromatic rings. The van der Waals surface area contributed by atoms with Gasteiger partial charge in [0, 0.05) is 12.8 Å². The first kappa shape index (κ1) is 8.76. The molecule has 1 aromatic carbocycles. The molecule has 0 aromatic heterocycles. The van der Waals surface area contributed by atoms with Crippen molar-refractivity contribution in [2.45, 2.75) is 32.3 Å². The minimum Gasteiger partial charge on any atom is -0.389 e. The molecule has 0 spiro atoms. The van der Waals surface area contributed by atoms with Crippen LogP contribution in [0.4, 0.5) is 0 Å². The van der Waals surface area contributed by atoms with Crippen LogP contribution in [0.3, 0.4) is 0 Å². The van der Waals surface area contributed by atoms with Crippen molar-refractivity contribution < 1.29 is 5.11 Å². The van der Waals surface area contributed by atoms with E-state index in [2.05, 4.69) is 26.0 Å². The molecule has 70 valence electrons. The molecule has 0 heterocycles. The second kappa shape index (κ2) is 2.85. The summed E-state index contributed by atoms with van der Waals surface area (Å²) in [5, 5.41) is 10.3. The Morgan fingerprint density at radius 2 is 1.62 bits per heavy atom. The van der Waals surface area contributed by atoms with Crippen LogP contribution in [0.1, 0.15) is 25.0 Å². The molecule has 0 saturated carbocycles. The van der Waals surface area contributed by atoms with Gasteiger partial charge in [0.2, 0.25) is 0 Å². The molecule has 0 amide bonds. The summed E-state index contributed by atoms with van der Waals surface area (Å²) in [5.74, 6) is 0.333. The molecular formula is C12H16O. The Hall–Kier alpha value is -0.820. The van der Waals surface area contributed by atoms with Gasteiger partial charge in [-0.25, -0.2) is 0 Å². The minimum absolute atomic E-state index is 0.333. The summed E-state index contributed by atoms with van der Waals surface area (Å²) in [7, 11) is 0. The van der Waals surface area contributed by atoms with Crippen LogP contribution < -0.4 is 0 Å². The predicted molar refractivity (Wildman–Crippen MR) is 53.6 cm³/mol. The lowest BCUT2D eigenvalue weighted by Gasteiger charge is -2.26. The van der Waals surface area contributed by atoms with Crippen molar-refractivity contribution in [3.63, 3.8) is 0 Å². The highest BCUT2D eigenvalue weighted by Crippen LogP contribution is 2.34. The zero-order chi connectivity index (χ0) is 9.47. The average molecular weight is 176 g/mol. The van der Waals surface area contributed by atoms with E-state index in [0.29, 0.717) is 5.92 Å². The average Bonchev–Trinajstić information content (AvgIpc) is 2.42. The predicted octanol–water partition coefficient (Wildman–Crippen LogP) is 2.17. The SMILES string of the molecule is CC(C)C1(O)Cc2ccccc2C1. The number of aliphatic hydroxyl groups is 1. The first-order valence-electron chi connectivity index (χ1n) is 4.91. The molecule has 2 rings (SSSR count). The molecule has 0 fully saturated rings. The van der Waals surface area contributed by atoms with Crippen LogP contribution in [-0.4, -0.2) is 10.7 Å². The van der Waals surface area contributed by atoms with Crippen molar-refractivity contribution in [3.8, 4) is 0 Å². The fourth-order valence-corrected chi connectivity index (χ4v) is 2.03. The van der Waals surface area contributed by atoms with Gasteiger partial charge in [-0.3, -0.25) is 0 Å². The van der Waals surface area contributed by atoms with Gasteiger partial charge in [-0.15, -0.1) is 0 Å². The van der Waals surface area contributed by atoms with Crippen LogP contribution in [0.15, 0.2) is 24.3 Å². The van der Waals surface area contributed by atoms with Gasteiger partial charge < -0.3 is 5.11 Å². The van der Waals surface area contributed by atoms with Gasteiger partial charge in [0.15, 0.2) is 0 Å². The molecule has 1 heteroatoms. The van der Waals surface area contributed by atoms with E-state index in [-0.39, 0.29) is 0 Å². The van der Waals surface area contributed by atoms with Crippen LogP contribution in [0.25, 0.3) is 0 Å². The fourth-order valence-electron chi connectivity index (χ4n) is 2.03. The largest absolute Gasteiger partial charge is 0.389 e. The van der Waals surface area contributed by atoms with Gasteiger partial charge in [0.25, 0.3) is 0 Å². The van der Waals surface area contributed by atoms with Crippen molar-refractivity contribution >= 4 is 0 Å². The van der Waals surface area contributed by atoms with Gasteiger partial charge in [-0.05, 0) is 17.0 Å². The summed E-state index contributed by atoms with van der Waals surface area (Å²) in [5.41, 5.74) is 2.14. The second-order valence-corrected chi connectivity index (χ2v) is 4.38. The van der Waals surface area contributed by atoms with Gasteiger partial charge in [-0.2, -0.15) is 0 Å². The second-order valence-electron chi connectivity index (χ2n) is 4.38. The van der Waals surface area contributed by atoms with E-state index in [1.54, 1.807) is 0 Å². The molecule has 0 saturated heterocycles. The normalized spacial score (nSPS) is 19.1. The first-order chi connectivity index (χ1) is 6.12. The van der Waals surface area contributed by atoms with Gasteiger partial charge in [0.05, 0.1) is 5.60 Å². The van der Waals surface area contributed by atoms with Crippen molar-refractivity contribution in [1.29, 1.82) is 0 Å². The zero-order valence-electron chi connectivity index (χ0n) is 8.25. The zero-order valence-corrected chi connectivity index (χ0v) is 8.25. The Morgan fingerprint density at radius 3 is 2.00 bits per heavy atom. The maximum absolute atomic E-state index is 10.3. The van der Waals surface area contributed by atoms with E-state index in [9.17, 15) is 5.11 Å². The summed E-state index contributed by atoms with van der Waals surface area (Å²) in [4.78, 5) is 0. The lowest BCUT2D eigenvalue weighted by Crippen LogP contribution is -2.35. The quantitative estimate of drug-likeness (QED) is 0.695. The third-order valence-electron chi connectivity index (χ3n) is 3.19. The topological polar surface area (TPSA) is 20.2 Å². The molecule has 13 heavy (non-hydrogen) atoms. The third-order valence-corrected chi connectivity index (χ3v) is 3.19. The number of fused-ring (bicyclic) bond motifs is 1. The monoisotopic (exact) mass is 176 g/mol. The van der Waals surface area contributed by atoms with E-state index in [4.69, 9.17) is 0 Å². The lowest BCUT2D eigenvalue weighted by molar-refractivity contribution is 0.00536. The number of benzene rings is 1. The third kappa shape index (κ3) is 1.37. The minimum atomic E-state index is -0.496. The molecule has 0 atom stereocenters. The van der Waals surface area contributed by atoms with Gasteiger partial charge in [-0.1, -0.05) is 38.1 Å². The van der Waals surface area contributed by atoms with Crippen molar-refractivity contribution in [1.82, 2.24) is 0 Å². The Kier molecular flexibility index (Phi) is 1.92. The summed E-state index contributed by atoms with van der Waals surface area (Å²) in [6.07, 6.45) is 1.64. The highest BCUT2D eigenvalue weighted by molar-refractivity contribution is 5.35. The first-order valence-corrected chi connectivity index (χ1v) is 4.91. The van der Waals surface area contributed by atoms with Crippen LogP contribution in [0, 0.1) is 5.92 Å². The molecule has 0 bridgehead atoms. The molecular weight excluding hydrogens is 160 g/mol. The molecule has 0 aliphatic heterocycles. The molecule has 1 nitrogen and oxygen atoms in total. The van der Waals surface area contributed by atoms with Crippen LogP contribution in [0.5, 0.6) is 0 Å². The van der Waals surface area contributed by atoms with E-state index >= 15 is 0 Å². The van der Waals surface area contributed by atoms with Crippen LogP contribution in [0.2, 0.25) is 0 Å². The Morgan fingerprint density at radius 1 is 1.15 bits per heavy atom. The number of hydrogen-bond acceptors (Lipinski definition) is 1. The maximum atomic E-state index is 10.3. The Bertz CT molecular complexity index is 290. The van der Waals surface area contributed by atoms with Crippen molar-refractivity contribution in [3.05, 3.63) is 35.4 Å². The summed E-state index contributed by atoms with van der Waals surface area (Å²) in [6.45, 7) is 4.18. The maximum Gasteiger partial charge on any atom is 0.0751 e. The van der Waals surface area contributed by atoms with Crippen molar-refractivity contribution in [2.75, 3.05) is 0 Å². The van der Waals surface area contributed by atoms with E-state index in [1.807, 2.05) is 12.1 Å². The van der Waals surface area contributed by atoms with Crippen LogP contribution in [-0.2, 0) is 12.8 Å². The van der Waals surface area contributed by atoms with Crippen LogP contribution >= 0.6 is 0 Å². The standard InChI is InChI=1S/C12H16O/c1-9(2)12(13)7-10-5-3-4-6-11(10)8-12/h3-6,9,13H,7-8H2,1-2H3. The number of rotatable bonds is 1. The molecule has 0 unspecified atom stereocenters. The molecule has 1 aliphatic carbocycles. The summed E-state index contributed by atoms with van der Waals surface area (Å²) >= 11 is 0. The number of hydrogen-bond donors (Lipinski definition) is 1. The van der Waals surface area contributed by atoms with E-state index < -0.39 is 5.60 Å².